The molecule has 0 saturated carbocycles. The Labute approximate surface area is 95.6 Å². The molecule has 0 heterocycles. The van der Waals surface area contributed by atoms with Gasteiger partial charge in [-0.05, 0) is 17.5 Å². The van der Waals surface area contributed by atoms with Crippen molar-refractivity contribution < 1.29 is 9.53 Å². The van der Waals surface area contributed by atoms with Gasteiger partial charge in [-0.25, -0.2) is 0 Å². The van der Waals surface area contributed by atoms with Crippen LogP contribution in [-0.4, -0.2) is 12.5 Å². The fraction of sp³-hybridized carbons (Fsp3) is 0.417. The van der Waals surface area contributed by atoms with E-state index >= 15 is 0 Å². The summed E-state index contributed by atoms with van der Waals surface area (Å²) < 4.78 is 5.56. The lowest BCUT2D eigenvalue weighted by Crippen LogP contribution is -2.20. The zero-order valence-corrected chi connectivity index (χ0v) is 9.91. The molecule has 4 N–H and O–H groups in total. The molecule has 0 aliphatic heterocycles. The second kappa shape index (κ2) is 4.43. The Morgan fingerprint density at radius 3 is 2.50 bits per heavy atom. The minimum Gasteiger partial charge on any atom is -0.492 e. The number of hydrogen-bond donors (Lipinski definition) is 2. The molecule has 0 fully saturated rings. The maximum atomic E-state index is 11.2. The summed E-state index contributed by atoms with van der Waals surface area (Å²) in [7, 11) is 0. The van der Waals surface area contributed by atoms with E-state index in [1.54, 1.807) is 18.2 Å². The minimum absolute atomic E-state index is 0.0134. The highest BCUT2D eigenvalue weighted by atomic mass is 16.5. The van der Waals surface area contributed by atoms with Crippen LogP contribution in [0.5, 0.6) is 5.75 Å². The molecule has 1 aromatic rings. The number of carbonyl (C=O) groups is 1. The molecule has 16 heavy (non-hydrogen) atoms. The number of anilines is 1. The highest BCUT2D eigenvalue weighted by molar-refractivity contribution is 6.00. The lowest BCUT2D eigenvalue weighted by molar-refractivity contribution is 0.0994. The molecule has 1 amide bonds. The third kappa shape index (κ3) is 3.15. The average molecular weight is 222 g/mol. The third-order valence-electron chi connectivity index (χ3n) is 1.97. The highest BCUT2D eigenvalue weighted by Crippen LogP contribution is 2.25. The van der Waals surface area contributed by atoms with Crippen molar-refractivity contribution in [1.82, 2.24) is 0 Å². The molecule has 0 aromatic heterocycles. The fourth-order valence-corrected chi connectivity index (χ4v) is 1.23. The summed E-state index contributed by atoms with van der Waals surface area (Å²) in [5, 5.41) is 0. The van der Waals surface area contributed by atoms with Gasteiger partial charge in [0, 0.05) is 5.69 Å². The van der Waals surface area contributed by atoms with E-state index in [4.69, 9.17) is 16.2 Å². The van der Waals surface area contributed by atoms with Crippen molar-refractivity contribution in [3.05, 3.63) is 23.8 Å². The smallest absolute Gasteiger partial charge is 0.254 e. The zero-order chi connectivity index (χ0) is 12.3. The molecule has 0 aliphatic rings. The number of ether oxygens (including phenoxy) is 1. The Morgan fingerprint density at radius 1 is 1.38 bits per heavy atom. The highest BCUT2D eigenvalue weighted by Gasteiger charge is 2.16. The lowest BCUT2D eigenvalue weighted by atomic mass is 9.98. The summed E-state index contributed by atoms with van der Waals surface area (Å²) in [6.45, 7) is 6.63. The van der Waals surface area contributed by atoms with Crippen LogP contribution < -0.4 is 16.2 Å². The van der Waals surface area contributed by atoms with E-state index in [2.05, 4.69) is 0 Å². The largest absolute Gasteiger partial charge is 0.492 e. The van der Waals surface area contributed by atoms with E-state index in [0.717, 1.165) is 0 Å². The monoisotopic (exact) mass is 222 g/mol. The van der Waals surface area contributed by atoms with Gasteiger partial charge in [0.2, 0.25) is 0 Å². The Hall–Kier alpha value is -1.71. The van der Waals surface area contributed by atoms with Crippen LogP contribution in [-0.2, 0) is 0 Å². The predicted molar refractivity (Wildman–Crippen MR) is 64.3 cm³/mol. The maximum Gasteiger partial charge on any atom is 0.254 e. The van der Waals surface area contributed by atoms with Crippen LogP contribution in [0.4, 0.5) is 5.69 Å². The number of primary amides is 1. The summed E-state index contributed by atoms with van der Waals surface area (Å²) in [4.78, 5) is 11.2. The molecule has 0 spiro atoms. The van der Waals surface area contributed by atoms with E-state index in [0.29, 0.717) is 18.0 Å². The van der Waals surface area contributed by atoms with E-state index in [1.807, 2.05) is 20.8 Å². The van der Waals surface area contributed by atoms with Gasteiger partial charge in [0.1, 0.15) is 11.3 Å². The van der Waals surface area contributed by atoms with E-state index < -0.39 is 5.91 Å². The molecule has 4 nitrogen and oxygen atoms in total. The van der Waals surface area contributed by atoms with Crippen molar-refractivity contribution in [1.29, 1.82) is 0 Å². The van der Waals surface area contributed by atoms with Crippen molar-refractivity contribution >= 4 is 11.6 Å². The quantitative estimate of drug-likeness (QED) is 0.765. The second-order valence-corrected chi connectivity index (χ2v) is 4.93. The summed E-state index contributed by atoms with van der Waals surface area (Å²) in [6.07, 6.45) is 0. The lowest BCUT2D eigenvalue weighted by Gasteiger charge is -2.20. The van der Waals surface area contributed by atoms with Crippen LogP contribution in [0.15, 0.2) is 18.2 Å². The van der Waals surface area contributed by atoms with Gasteiger partial charge >= 0.3 is 0 Å². The van der Waals surface area contributed by atoms with Crippen molar-refractivity contribution in [3.63, 3.8) is 0 Å². The van der Waals surface area contributed by atoms with Gasteiger partial charge in [-0.3, -0.25) is 4.79 Å². The number of rotatable bonds is 3. The van der Waals surface area contributed by atoms with Gasteiger partial charge < -0.3 is 16.2 Å². The Balaban J connectivity index is 2.96. The van der Waals surface area contributed by atoms with Crippen molar-refractivity contribution in [2.24, 2.45) is 11.1 Å². The predicted octanol–water partition coefficient (Wildman–Crippen LogP) is 1.79. The van der Waals surface area contributed by atoms with Crippen LogP contribution >= 0.6 is 0 Å². The molecule has 88 valence electrons. The van der Waals surface area contributed by atoms with Crippen molar-refractivity contribution in [3.8, 4) is 5.75 Å². The Morgan fingerprint density at radius 2 is 2.00 bits per heavy atom. The van der Waals surface area contributed by atoms with Gasteiger partial charge in [0.05, 0.1) is 6.61 Å². The standard InChI is InChI=1S/C12H18N2O2/c1-12(2,3)7-16-9-6-4-5-8(13)10(9)11(14)15/h4-6H,7,13H2,1-3H3,(H2,14,15). The molecule has 0 atom stereocenters. The number of nitrogen functional groups attached to an aromatic ring is 1. The first-order valence-corrected chi connectivity index (χ1v) is 5.12. The van der Waals surface area contributed by atoms with Crippen LogP contribution in [0.2, 0.25) is 0 Å². The Kier molecular flexibility index (Phi) is 3.42. The molecule has 0 radical (unpaired) electrons. The molecular weight excluding hydrogens is 204 g/mol. The number of carbonyl (C=O) groups excluding carboxylic acids is 1. The number of hydrogen-bond acceptors (Lipinski definition) is 3. The van der Waals surface area contributed by atoms with Crippen LogP contribution in [0, 0.1) is 5.41 Å². The average Bonchev–Trinajstić information content (AvgIpc) is 2.12. The molecule has 1 rings (SSSR count). The van der Waals surface area contributed by atoms with Gasteiger partial charge in [-0.2, -0.15) is 0 Å². The van der Waals surface area contributed by atoms with E-state index in [1.165, 1.54) is 0 Å². The normalized spacial score (nSPS) is 11.2. The summed E-state index contributed by atoms with van der Waals surface area (Å²) in [6, 6.07) is 5.06. The van der Waals surface area contributed by atoms with Crippen LogP contribution in [0.3, 0.4) is 0 Å². The summed E-state index contributed by atoms with van der Waals surface area (Å²) in [5.41, 5.74) is 11.6. The molecule has 0 unspecified atom stereocenters. The third-order valence-corrected chi connectivity index (χ3v) is 1.97. The second-order valence-electron chi connectivity index (χ2n) is 4.93. The summed E-state index contributed by atoms with van der Waals surface area (Å²) in [5.74, 6) is -0.121. The van der Waals surface area contributed by atoms with Gasteiger partial charge in [-0.1, -0.05) is 26.8 Å². The summed E-state index contributed by atoms with van der Waals surface area (Å²) >= 11 is 0. The van der Waals surface area contributed by atoms with Crippen molar-refractivity contribution in [2.45, 2.75) is 20.8 Å². The molecule has 4 heteroatoms. The fourth-order valence-electron chi connectivity index (χ4n) is 1.23. The topological polar surface area (TPSA) is 78.3 Å². The Bertz CT molecular complexity index is 394. The van der Waals surface area contributed by atoms with Crippen LogP contribution in [0.25, 0.3) is 0 Å². The SMILES string of the molecule is CC(C)(C)COc1cccc(N)c1C(N)=O. The zero-order valence-electron chi connectivity index (χ0n) is 9.91. The molecule has 1 aromatic carbocycles. The number of nitrogens with two attached hydrogens (primary N) is 2. The first kappa shape index (κ1) is 12.4. The van der Waals surface area contributed by atoms with Gasteiger partial charge in [0.25, 0.3) is 5.91 Å². The molecule has 0 aliphatic carbocycles. The van der Waals surface area contributed by atoms with E-state index in [-0.39, 0.29) is 11.0 Å². The molecule has 0 saturated heterocycles. The first-order valence-electron chi connectivity index (χ1n) is 5.12. The minimum atomic E-state index is -0.568. The van der Waals surface area contributed by atoms with E-state index in [9.17, 15) is 4.79 Å². The molecule has 0 bridgehead atoms. The first-order chi connectivity index (χ1) is 7.31. The number of benzene rings is 1. The van der Waals surface area contributed by atoms with Gasteiger partial charge in [0.15, 0.2) is 0 Å². The maximum absolute atomic E-state index is 11.2. The number of amides is 1. The van der Waals surface area contributed by atoms with Gasteiger partial charge in [-0.15, -0.1) is 0 Å². The molecular formula is C12H18N2O2. The van der Waals surface area contributed by atoms with Crippen molar-refractivity contribution in [2.75, 3.05) is 12.3 Å². The van der Waals surface area contributed by atoms with Crippen LogP contribution in [0.1, 0.15) is 31.1 Å².